The molecule has 1 aliphatic heterocycles. The molecule has 1 amide bonds. The summed E-state index contributed by atoms with van der Waals surface area (Å²) in [6.45, 7) is 6.38. The lowest BCUT2D eigenvalue weighted by Crippen LogP contribution is -2.25. The zero-order valence-electron chi connectivity index (χ0n) is 18.3. The topological polar surface area (TPSA) is 127 Å². The average molecular weight is 479 g/mol. The quantitative estimate of drug-likeness (QED) is 0.275. The fraction of sp³-hybridized carbons (Fsp3) is 0.217. The molecule has 5 rings (SSSR count). The van der Waals surface area contributed by atoms with Crippen LogP contribution in [0, 0.1) is 0 Å². The molecule has 1 aliphatic rings. The smallest absolute Gasteiger partial charge is 0.323 e. The van der Waals surface area contributed by atoms with E-state index in [1.807, 2.05) is 28.8 Å². The van der Waals surface area contributed by atoms with E-state index in [2.05, 4.69) is 32.1 Å². The Kier molecular flexibility index (Phi) is 5.84. The maximum absolute atomic E-state index is 12.8. The summed E-state index contributed by atoms with van der Waals surface area (Å²) >= 11 is 1.28. The van der Waals surface area contributed by atoms with Gasteiger partial charge < -0.3 is 24.8 Å². The highest BCUT2D eigenvalue weighted by atomic mass is 32.2. The van der Waals surface area contributed by atoms with Gasteiger partial charge >= 0.3 is 5.69 Å². The number of benzene rings is 2. The van der Waals surface area contributed by atoms with Gasteiger partial charge in [-0.25, -0.2) is 4.79 Å². The lowest BCUT2D eigenvalue weighted by Gasteiger charge is -2.26. The fourth-order valence-corrected chi connectivity index (χ4v) is 4.50. The van der Waals surface area contributed by atoms with Crippen molar-refractivity contribution in [2.24, 2.45) is 0 Å². The number of nitrogens with zero attached hydrogens (tertiary/aromatic N) is 3. The van der Waals surface area contributed by atoms with Gasteiger partial charge in [-0.05, 0) is 37.3 Å². The summed E-state index contributed by atoms with van der Waals surface area (Å²) in [6.07, 6.45) is 1.31. The zero-order valence-corrected chi connectivity index (χ0v) is 19.1. The summed E-state index contributed by atoms with van der Waals surface area (Å²) in [6, 6.07) is 12.6. The number of aromatic amines is 2. The number of hydrogen-bond donors (Lipinski definition) is 3. The molecular formula is C23H22N6O4S. The highest BCUT2D eigenvalue weighted by molar-refractivity contribution is 8.00. The van der Waals surface area contributed by atoms with Crippen molar-refractivity contribution in [2.45, 2.75) is 30.0 Å². The number of carbonyl (C=O) groups excluding carboxylic acids is 1. The van der Waals surface area contributed by atoms with Gasteiger partial charge in [-0.1, -0.05) is 30.0 Å². The Morgan fingerprint density at radius 1 is 1.26 bits per heavy atom. The molecule has 3 heterocycles. The molecule has 0 bridgehead atoms. The minimum Gasteiger partial charge on any atom is -0.485 e. The van der Waals surface area contributed by atoms with Gasteiger partial charge in [0.05, 0.1) is 16.3 Å². The van der Waals surface area contributed by atoms with Crippen LogP contribution in [0.2, 0.25) is 0 Å². The summed E-state index contributed by atoms with van der Waals surface area (Å²) < 4.78 is 13.8. The first-order valence-electron chi connectivity index (χ1n) is 10.6. The number of imidazole rings is 1. The lowest BCUT2D eigenvalue weighted by atomic mass is 10.2. The first-order valence-corrected chi connectivity index (χ1v) is 11.5. The van der Waals surface area contributed by atoms with E-state index in [1.54, 1.807) is 31.2 Å². The first-order chi connectivity index (χ1) is 16.5. The number of rotatable bonds is 7. The number of hydrogen-bond acceptors (Lipinski definition) is 7. The van der Waals surface area contributed by atoms with Crippen molar-refractivity contribution in [3.8, 4) is 11.5 Å². The third-order valence-electron chi connectivity index (χ3n) is 5.29. The molecule has 0 spiro atoms. The van der Waals surface area contributed by atoms with Crippen LogP contribution >= 0.6 is 11.8 Å². The molecule has 0 aliphatic carbocycles. The summed E-state index contributed by atoms with van der Waals surface area (Å²) in [5.41, 5.74) is 1.58. The maximum atomic E-state index is 12.8. The van der Waals surface area contributed by atoms with Crippen LogP contribution in [-0.2, 0) is 11.3 Å². The number of anilines is 1. The molecule has 174 valence electrons. The molecule has 2 atom stereocenters. The minimum atomic E-state index is -0.467. The Hall–Kier alpha value is -3.99. The van der Waals surface area contributed by atoms with Gasteiger partial charge in [-0.3, -0.25) is 9.36 Å². The summed E-state index contributed by atoms with van der Waals surface area (Å²) in [5, 5.41) is 11.6. The zero-order chi connectivity index (χ0) is 23.7. The van der Waals surface area contributed by atoms with Crippen LogP contribution in [-0.4, -0.2) is 42.5 Å². The third kappa shape index (κ3) is 4.29. The van der Waals surface area contributed by atoms with Crippen LogP contribution in [0.5, 0.6) is 11.5 Å². The molecule has 0 saturated heterocycles. The molecule has 0 saturated carbocycles. The molecule has 2 aromatic carbocycles. The number of para-hydroxylation sites is 2. The van der Waals surface area contributed by atoms with Crippen LogP contribution in [0.15, 0.2) is 65.1 Å². The van der Waals surface area contributed by atoms with Crippen molar-refractivity contribution in [1.29, 1.82) is 0 Å². The first kappa shape index (κ1) is 21.8. The highest BCUT2D eigenvalue weighted by Crippen LogP contribution is 2.36. The van der Waals surface area contributed by atoms with E-state index < -0.39 is 11.4 Å². The Morgan fingerprint density at radius 3 is 2.88 bits per heavy atom. The molecule has 0 radical (unpaired) electrons. The minimum absolute atomic E-state index is 0.205. The van der Waals surface area contributed by atoms with Gasteiger partial charge in [0.15, 0.2) is 28.6 Å². The predicted octanol–water partition coefficient (Wildman–Crippen LogP) is 3.27. The summed E-state index contributed by atoms with van der Waals surface area (Å²) in [7, 11) is 0. The molecule has 2 aromatic heterocycles. The monoisotopic (exact) mass is 478 g/mol. The Labute approximate surface area is 198 Å². The molecule has 0 fully saturated rings. The second kappa shape index (κ2) is 9.10. The molecule has 3 N–H and O–H groups in total. The predicted molar refractivity (Wildman–Crippen MR) is 128 cm³/mol. The van der Waals surface area contributed by atoms with E-state index in [-0.39, 0.29) is 11.6 Å². The SMILES string of the molecule is C=CCn1c(S[C@@H](C)C(=O)Nc2ccc3[nH]c(=O)[nH]c3c2)nnc1[C@@H]1COc2ccccc2O1. The van der Waals surface area contributed by atoms with E-state index in [4.69, 9.17) is 9.47 Å². The van der Waals surface area contributed by atoms with Gasteiger partial charge in [0.2, 0.25) is 5.91 Å². The van der Waals surface area contributed by atoms with Crippen LogP contribution in [0.4, 0.5) is 5.69 Å². The highest BCUT2D eigenvalue weighted by Gasteiger charge is 2.29. The number of allylic oxidation sites excluding steroid dienone is 1. The van der Waals surface area contributed by atoms with Crippen molar-refractivity contribution in [1.82, 2.24) is 24.7 Å². The van der Waals surface area contributed by atoms with Crippen LogP contribution in [0.25, 0.3) is 11.0 Å². The number of carbonyl (C=O) groups is 1. The van der Waals surface area contributed by atoms with E-state index in [1.165, 1.54) is 11.8 Å². The number of nitrogens with one attached hydrogen (secondary N) is 3. The summed E-state index contributed by atoms with van der Waals surface area (Å²) in [4.78, 5) is 29.7. The number of fused-ring (bicyclic) bond motifs is 2. The molecule has 34 heavy (non-hydrogen) atoms. The standard InChI is InChI=1S/C23H22N6O4S/c1-3-10-29-20(19-12-32-17-6-4-5-7-18(17)33-19)27-28-23(29)34-13(2)21(30)24-14-8-9-15-16(11-14)26-22(31)25-15/h3-9,11,13,19H,1,10,12H2,2H3,(H,24,30)(H2,25,26,31)/t13-,19-/m0/s1. The number of H-pyrrole nitrogens is 2. The van der Waals surface area contributed by atoms with Crippen LogP contribution < -0.4 is 20.5 Å². The Bertz CT molecular complexity index is 1420. The second-order valence-electron chi connectivity index (χ2n) is 7.69. The summed E-state index contributed by atoms with van der Waals surface area (Å²) in [5.74, 6) is 1.74. The van der Waals surface area contributed by atoms with Gasteiger partial charge in [0, 0.05) is 12.2 Å². The van der Waals surface area contributed by atoms with Crippen molar-refractivity contribution in [3.05, 3.63) is 71.4 Å². The fourth-order valence-electron chi connectivity index (χ4n) is 3.64. The van der Waals surface area contributed by atoms with Crippen molar-refractivity contribution < 1.29 is 14.3 Å². The van der Waals surface area contributed by atoms with E-state index in [9.17, 15) is 9.59 Å². The van der Waals surface area contributed by atoms with Crippen molar-refractivity contribution >= 4 is 34.4 Å². The number of amides is 1. The van der Waals surface area contributed by atoms with Crippen LogP contribution in [0.1, 0.15) is 18.9 Å². The second-order valence-corrected chi connectivity index (χ2v) is 9.00. The Morgan fingerprint density at radius 2 is 2.06 bits per heavy atom. The van der Waals surface area contributed by atoms with E-state index in [0.717, 1.165) is 0 Å². The number of aromatic nitrogens is 5. The van der Waals surface area contributed by atoms with Gasteiger partial charge in [-0.15, -0.1) is 16.8 Å². The van der Waals surface area contributed by atoms with E-state index >= 15 is 0 Å². The average Bonchev–Trinajstić information content (AvgIpc) is 3.40. The number of ether oxygens (including phenoxy) is 2. The van der Waals surface area contributed by atoms with Crippen molar-refractivity contribution in [2.75, 3.05) is 11.9 Å². The molecular weight excluding hydrogens is 456 g/mol. The van der Waals surface area contributed by atoms with Gasteiger partial charge in [0.25, 0.3) is 0 Å². The van der Waals surface area contributed by atoms with Crippen LogP contribution in [0.3, 0.4) is 0 Å². The maximum Gasteiger partial charge on any atom is 0.323 e. The Balaban J connectivity index is 1.31. The number of thioether (sulfide) groups is 1. The normalized spacial score (nSPS) is 15.7. The molecule has 10 nitrogen and oxygen atoms in total. The van der Waals surface area contributed by atoms with Gasteiger partial charge in [0.1, 0.15) is 6.61 Å². The molecule has 4 aromatic rings. The van der Waals surface area contributed by atoms with Crippen molar-refractivity contribution in [3.63, 3.8) is 0 Å². The van der Waals surface area contributed by atoms with E-state index in [0.29, 0.717) is 52.4 Å². The largest absolute Gasteiger partial charge is 0.485 e. The third-order valence-corrected chi connectivity index (χ3v) is 6.37. The molecule has 11 heteroatoms. The molecule has 0 unspecified atom stereocenters. The van der Waals surface area contributed by atoms with Gasteiger partial charge in [-0.2, -0.15) is 0 Å². The lowest BCUT2D eigenvalue weighted by molar-refractivity contribution is -0.115.